The van der Waals surface area contributed by atoms with Gasteiger partial charge in [0.05, 0.1) is 6.61 Å². The van der Waals surface area contributed by atoms with Gasteiger partial charge in [0.1, 0.15) is 5.69 Å². The Bertz CT molecular complexity index is 1020. The molecule has 4 nitrogen and oxygen atoms in total. The van der Waals surface area contributed by atoms with Crippen molar-refractivity contribution in [1.82, 2.24) is 4.98 Å². The van der Waals surface area contributed by atoms with Crippen molar-refractivity contribution in [1.29, 1.82) is 0 Å². The van der Waals surface area contributed by atoms with E-state index in [2.05, 4.69) is 53.3 Å². The third kappa shape index (κ3) is 6.67. The fourth-order valence-corrected chi connectivity index (χ4v) is 3.21. The summed E-state index contributed by atoms with van der Waals surface area (Å²) in [6.45, 7) is 4.07. The average molecular weight is 428 g/mol. The zero-order valence-corrected chi connectivity index (χ0v) is 18.7. The number of aryl methyl sites for hydroxylation is 2. The van der Waals surface area contributed by atoms with Gasteiger partial charge in [-0.1, -0.05) is 97.9 Å². The normalized spacial score (nSPS) is 10.2. The number of hydrogen-bond acceptors (Lipinski definition) is 4. The van der Waals surface area contributed by atoms with Gasteiger partial charge < -0.3 is 9.15 Å². The molecule has 0 amide bonds. The van der Waals surface area contributed by atoms with Crippen LogP contribution in [-0.2, 0) is 22.4 Å². The van der Waals surface area contributed by atoms with Crippen LogP contribution in [0.5, 0.6) is 0 Å². The van der Waals surface area contributed by atoms with E-state index in [4.69, 9.17) is 9.40 Å². The molecule has 4 heteroatoms. The summed E-state index contributed by atoms with van der Waals surface area (Å²) < 4.78 is 10.7. The largest absolute Gasteiger partial charge is 0.466 e. The van der Waals surface area contributed by atoms with Gasteiger partial charge in [0.25, 0.3) is 0 Å². The van der Waals surface area contributed by atoms with E-state index in [1.807, 2.05) is 42.5 Å². The highest BCUT2D eigenvalue weighted by atomic mass is 16.5. The molecule has 0 aliphatic rings. The van der Waals surface area contributed by atoms with Crippen LogP contribution in [0.15, 0.2) is 95.4 Å². The molecule has 0 atom stereocenters. The van der Waals surface area contributed by atoms with E-state index >= 15 is 0 Å². The van der Waals surface area contributed by atoms with Gasteiger partial charge >= 0.3 is 5.97 Å². The Balaban J connectivity index is 0.000000360. The van der Waals surface area contributed by atoms with Crippen LogP contribution >= 0.6 is 0 Å². The van der Waals surface area contributed by atoms with Crippen molar-refractivity contribution in [3.63, 3.8) is 0 Å². The molecule has 4 aromatic rings. The fraction of sp³-hybridized carbons (Fsp3) is 0.214. The molecule has 1 aromatic heterocycles. The number of ether oxygens (including phenoxy) is 1. The second-order valence-corrected chi connectivity index (χ2v) is 7.16. The van der Waals surface area contributed by atoms with Gasteiger partial charge in [0, 0.05) is 24.0 Å². The lowest BCUT2D eigenvalue weighted by molar-refractivity contribution is -0.142. The Morgan fingerprint density at radius 3 is 1.88 bits per heavy atom. The highest BCUT2D eigenvalue weighted by molar-refractivity contribution is 5.76. The molecular weight excluding hydrogens is 398 g/mol. The molecule has 0 bridgehead atoms. The predicted molar refractivity (Wildman–Crippen MR) is 128 cm³/mol. The minimum atomic E-state index is -0.123. The van der Waals surface area contributed by atoms with E-state index in [0.29, 0.717) is 13.0 Å². The molecule has 0 unspecified atom stereocenters. The summed E-state index contributed by atoms with van der Waals surface area (Å²) in [5.41, 5.74) is 4.34. The second kappa shape index (κ2) is 12.3. The second-order valence-electron chi connectivity index (χ2n) is 7.16. The van der Waals surface area contributed by atoms with Crippen LogP contribution in [-0.4, -0.2) is 17.6 Å². The van der Waals surface area contributed by atoms with Crippen LogP contribution in [0.4, 0.5) is 0 Å². The molecule has 0 saturated heterocycles. The van der Waals surface area contributed by atoms with Crippen molar-refractivity contribution in [2.75, 3.05) is 6.61 Å². The lowest BCUT2D eigenvalue weighted by Crippen LogP contribution is -2.00. The molecule has 0 fully saturated rings. The minimum Gasteiger partial charge on any atom is -0.466 e. The zero-order valence-electron chi connectivity index (χ0n) is 18.7. The van der Waals surface area contributed by atoms with Gasteiger partial charge in [-0.25, -0.2) is 4.98 Å². The first kappa shape index (κ1) is 23.0. The van der Waals surface area contributed by atoms with Crippen molar-refractivity contribution >= 4 is 5.97 Å². The zero-order chi connectivity index (χ0) is 22.6. The van der Waals surface area contributed by atoms with Crippen LogP contribution in [0.25, 0.3) is 22.6 Å². The van der Waals surface area contributed by atoms with E-state index in [1.54, 1.807) is 13.8 Å². The van der Waals surface area contributed by atoms with Crippen molar-refractivity contribution < 1.29 is 13.9 Å². The van der Waals surface area contributed by atoms with Gasteiger partial charge in [-0.15, -0.1) is 0 Å². The summed E-state index contributed by atoms with van der Waals surface area (Å²) in [6.07, 6.45) is 2.19. The van der Waals surface area contributed by atoms with E-state index in [9.17, 15) is 4.79 Å². The molecule has 0 saturated carbocycles. The predicted octanol–water partition coefficient (Wildman–Crippen LogP) is 6.75. The Morgan fingerprint density at radius 2 is 1.34 bits per heavy atom. The maximum Gasteiger partial charge on any atom is 0.305 e. The Kier molecular flexibility index (Phi) is 8.81. The van der Waals surface area contributed by atoms with Crippen LogP contribution < -0.4 is 0 Å². The molecular formula is C28H29NO3. The van der Waals surface area contributed by atoms with Gasteiger partial charge in [-0.05, 0) is 18.9 Å². The van der Waals surface area contributed by atoms with E-state index in [0.717, 1.165) is 41.3 Å². The fourth-order valence-electron chi connectivity index (χ4n) is 3.21. The topological polar surface area (TPSA) is 52.3 Å². The van der Waals surface area contributed by atoms with Crippen molar-refractivity contribution in [2.24, 2.45) is 0 Å². The highest BCUT2D eigenvalue weighted by Gasteiger charge is 2.16. The number of carbonyl (C=O) groups is 1. The average Bonchev–Trinajstić information content (AvgIpc) is 3.29. The molecule has 0 aliphatic heterocycles. The Hall–Kier alpha value is -3.66. The first-order valence-electron chi connectivity index (χ1n) is 11.0. The van der Waals surface area contributed by atoms with Crippen LogP contribution in [0, 0.1) is 0 Å². The summed E-state index contributed by atoms with van der Waals surface area (Å²) >= 11 is 0. The van der Waals surface area contributed by atoms with E-state index < -0.39 is 0 Å². The van der Waals surface area contributed by atoms with Gasteiger partial charge in [-0.2, -0.15) is 0 Å². The molecule has 0 radical (unpaired) electrons. The summed E-state index contributed by atoms with van der Waals surface area (Å²) in [7, 11) is 0. The summed E-state index contributed by atoms with van der Waals surface area (Å²) in [4.78, 5) is 15.0. The van der Waals surface area contributed by atoms with E-state index in [-0.39, 0.29) is 5.97 Å². The smallest absolute Gasteiger partial charge is 0.305 e. The van der Waals surface area contributed by atoms with Crippen LogP contribution in [0.1, 0.15) is 31.7 Å². The highest BCUT2D eigenvalue weighted by Crippen LogP contribution is 2.32. The maximum atomic E-state index is 10.2. The minimum absolute atomic E-state index is 0.123. The number of nitrogens with zero attached hydrogens (tertiary/aromatic N) is 1. The number of hydrogen-bond donors (Lipinski definition) is 0. The number of aromatic nitrogens is 1. The summed E-state index contributed by atoms with van der Waals surface area (Å²) in [5, 5.41) is 0. The first-order chi connectivity index (χ1) is 15.7. The standard InChI is InChI=1S/C23H19NO.C5H10O2/c1-4-10-18(11-5-1)16-17-21-24-22(19-12-6-2-7-13-19)23(25-21)20-14-8-3-9-15-20;1-3-5(6)7-4-2/h1-15H,16-17H2;3-4H2,1-2H3. The maximum absolute atomic E-state index is 10.2. The van der Waals surface area contributed by atoms with Gasteiger partial charge in [0.15, 0.2) is 11.7 Å². The number of esters is 1. The Labute approximate surface area is 189 Å². The molecule has 0 N–H and O–H groups in total. The van der Waals surface area contributed by atoms with Crippen molar-refractivity contribution in [3.05, 3.63) is 102 Å². The number of carbonyl (C=O) groups excluding carboxylic acids is 1. The van der Waals surface area contributed by atoms with Crippen LogP contribution in [0.2, 0.25) is 0 Å². The molecule has 32 heavy (non-hydrogen) atoms. The molecule has 164 valence electrons. The third-order valence-electron chi connectivity index (χ3n) is 4.82. The monoisotopic (exact) mass is 427 g/mol. The van der Waals surface area contributed by atoms with Crippen LogP contribution in [0.3, 0.4) is 0 Å². The van der Waals surface area contributed by atoms with Gasteiger partial charge in [-0.3, -0.25) is 4.79 Å². The Morgan fingerprint density at radius 1 is 0.781 bits per heavy atom. The van der Waals surface area contributed by atoms with Gasteiger partial charge in [0.2, 0.25) is 0 Å². The SMILES string of the molecule is CCOC(=O)CC.c1ccc(CCc2nc(-c3ccccc3)c(-c3ccccc3)o2)cc1. The lowest BCUT2D eigenvalue weighted by atomic mass is 10.1. The molecule has 1 heterocycles. The molecule has 3 aromatic carbocycles. The summed E-state index contributed by atoms with van der Waals surface area (Å²) in [5.74, 6) is 1.50. The third-order valence-corrected chi connectivity index (χ3v) is 4.82. The summed E-state index contributed by atoms with van der Waals surface area (Å²) in [6, 6.07) is 30.9. The van der Waals surface area contributed by atoms with E-state index in [1.165, 1.54) is 5.56 Å². The van der Waals surface area contributed by atoms with Crippen molar-refractivity contribution in [3.8, 4) is 22.6 Å². The molecule has 0 aliphatic carbocycles. The lowest BCUT2D eigenvalue weighted by Gasteiger charge is -2.00. The molecule has 4 rings (SSSR count). The number of rotatable bonds is 7. The first-order valence-corrected chi connectivity index (χ1v) is 11.0. The molecule has 0 spiro atoms. The number of oxazole rings is 1. The number of benzene rings is 3. The van der Waals surface area contributed by atoms with Crippen molar-refractivity contribution in [2.45, 2.75) is 33.1 Å². The quantitative estimate of drug-likeness (QED) is 0.306.